The fraction of sp³-hybridized carbons (Fsp3) is 0.143. The van der Waals surface area contributed by atoms with Gasteiger partial charge in [-0.05, 0) is 6.42 Å². The van der Waals surface area contributed by atoms with Crippen molar-refractivity contribution in [1.82, 2.24) is 0 Å². The molecule has 0 saturated heterocycles. The molecular formula is C7H8Fe. The first kappa shape index (κ1) is 7.74. The molecule has 0 aromatic rings. The fourth-order valence-corrected chi connectivity index (χ4v) is 0.521. The average Bonchev–Trinajstić information content (AvgIpc) is 1.90. The maximum Gasteiger partial charge on any atom is 0 e. The Kier molecular flexibility index (Phi) is 4.73. The van der Waals surface area contributed by atoms with Gasteiger partial charge in [0.25, 0.3) is 0 Å². The quantitative estimate of drug-likeness (QED) is 0.461. The maximum absolute atomic E-state index is 2.12. The SMILES string of the molecule is C1=CC=CCC=C1.[Fe]. The van der Waals surface area contributed by atoms with Gasteiger partial charge in [0.2, 0.25) is 0 Å². The standard InChI is InChI=1S/C7H8.Fe/c1-2-4-6-7-5-3-1;/h1-6H,7H2;. The third-order valence-corrected chi connectivity index (χ3v) is 0.878. The summed E-state index contributed by atoms with van der Waals surface area (Å²) in [6.07, 6.45) is 13.5. The summed E-state index contributed by atoms with van der Waals surface area (Å²) in [6.45, 7) is 0. The number of allylic oxidation sites excluding steroid dienone is 6. The topological polar surface area (TPSA) is 0 Å². The first-order valence-electron chi connectivity index (χ1n) is 2.48. The van der Waals surface area contributed by atoms with Crippen molar-refractivity contribution in [2.45, 2.75) is 6.42 Å². The van der Waals surface area contributed by atoms with E-state index in [1.165, 1.54) is 0 Å². The summed E-state index contributed by atoms with van der Waals surface area (Å²) < 4.78 is 0. The molecule has 0 aliphatic heterocycles. The Balaban J connectivity index is 0.000000490. The molecule has 0 N–H and O–H groups in total. The van der Waals surface area contributed by atoms with Crippen molar-refractivity contribution < 1.29 is 17.1 Å². The molecule has 8 heavy (non-hydrogen) atoms. The maximum atomic E-state index is 2.12. The number of hydrogen-bond acceptors (Lipinski definition) is 0. The van der Waals surface area contributed by atoms with Gasteiger partial charge < -0.3 is 0 Å². The smallest absolute Gasteiger partial charge is 0 e. The summed E-state index contributed by atoms with van der Waals surface area (Å²) in [5, 5.41) is 0. The Morgan fingerprint density at radius 1 is 0.750 bits per heavy atom. The molecule has 0 unspecified atom stereocenters. The summed E-state index contributed by atoms with van der Waals surface area (Å²) in [5.74, 6) is 0. The van der Waals surface area contributed by atoms with E-state index in [1.807, 2.05) is 12.2 Å². The van der Waals surface area contributed by atoms with E-state index in [1.54, 1.807) is 0 Å². The third-order valence-electron chi connectivity index (χ3n) is 0.878. The summed E-state index contributed by atoms with van der Waals surface area (Å²) in [6, 6.07) is 0. The van der Waals surface area contributed by atoms with Gasteiger partial charge in [-0.3, -0.25) is 0 Å². The Morgan fingerprint density at radius 3 is 1.75 bits per heavy atom. The van der Waals surface area contributed by atoms with E-state index in [2.05, 4.69) is 24.3 Å². The second-order valence-electron chi connectivity index (χ2n) is 1.48. The molecule has 0 aromatic heterocycles. The Labute approximate surface area is 60.4 Å². The molecule has 0 atom stereocenters. The summed E-state index contributed by atoms with van der Waals surface area (Å²) in [4.78, 5) is 0. The van der Waals surface area contributed by atoms with Crippen LogP contribution >= 0.6 is 0 Å². The van der Waals surface area contributed by atoms with Crippen LogP contribution in [0, 0.1) is 0 Å². The van der Waals surface area contributed by atoms with Crippen molar-refractivity contribution in [2.24, 2.45) is 0 Å². The molecule has 0 radical (unpaired) electrons. The van der Waals surface area contributed by atoms with Gasteiger partial charge in [-0.1, -0.05) is 36.5 Å². The predicted molar refractivity (Wildman–Crippen MR) is 32.0 cm³/mol. The molecule has 0 nitrogen and oxygen atoms in total. The van der Waals surface area contributed by atoms with E-state index in [0.29, 0.717) is 0 Å². The summed E-state index contributed by atoms with van der Waals surface area (Å²) in [7, 11) is 0. The van der Waals surface area contributed by atoms with Crippen LogP contribution in [0.2, 0.25) is 0 Å². The molecule has 44 valence electrons. The van der Waals surface area contributed by atoms with Gasteiger partial charge in [-0.2, -0.15) is 0 Å². The molecule has 0 fully saturated rings. The fourth-order valence-electron chi connectivity index (χ4n) is 0.521. The van der Waals surface area contributed by atoms with E-state index < -0.39 is 0 Å². The molecule has 0 bridgehead atoms. The monoisotopic (exact) mass is 148 g/mol. The zero-order valence-corrected chi connectivity index (χ0v) is 5.63. The minimum Gasteiger partial charge on any atom is -0.0807 e. The van der Waals surface area contributed by atoms with Crippen molar-refractivity contribution in [3.63, 3.8) is 0 Å². The Morgan fingerprint density at radius 2 is 1.25 bits per heavy atom. The molecule has 0 amide bonds. The number of hydrogen-bond donors (Lipinski definition) is 0. The van der Waals surface area contributed by atoms with Crippen molar-refractivity contribution in [1.29, 1.82) is 0 Å². The van der Waals surface area contributed by atoms with Gasteiger partial charge >= 0.3 is 0 Å². The van der Waals surface area contributed by atoms with Gasteiger partial charge in [0.05, 0.1) is 0 Å². The van der Waals surface area contributed by atoms with Crippen LogP contribution in [0.3, 0.4) is 0 Å². The molecule has 0 saturated carbocycles. The van der Waals surface area contributed by atoms with Crippen LogP contribution in [-0.2, 0) is 17.1 Å². The molecular weight excluding hydrogens is 140 g/mol. The molecule has 1 heteroatoms. The Hall–Kier alpha value is -0.261. The first-order valence-corrected chi connectivity index (χ1v) is 2.48. The molecule has 1 aliphatic rings. The average molecular weight is 148 g/mol. The van der Waals surface area contributed by atoms with Gasteiger partial charge in [-0.25, -0.2) is 0 Å². The largest absolute Gasteiger partial charge is 0.0807 e. The Bertz CT molecular complexity index is 106. The van der Waals surface area contributed by atoms with Crippen LogP contribution < -0.4 is 0 Å². The normalized spacial score (nSPS) is 15.0. The molecule has 0 aromatic carbocycles. The van der Waals surface area contributed by atoms with Crippen LogP contribution in [0.4, 0.5) is 0 Å². The molecule has 1 rings (SSSR count). The van der Waals surface area contributed by atoms with Crippen molar-refractivity contribution in [3.05, 3.63) is 36.5 Å². The zero-order chi connectivity index (χ0) is 4.95. The van der Waals surface area contributed by atoms with Crippen LogP contribution in [0.25, 0.3) is 0 Å². The van der Waals surface area contributed by atoms with Gasteiger partial charge in [0, 0.05) is 17.1 Å². The van der Waals surface area contributed by atoms with Crippen LogP contribution in [0.15, 0.2) is 36.5 Å². The van der Waals surface area contributed by atoms with E-state index in [0.717, 1.165) is 6.42 Å². The summed E-state index contributed by atoms with van der Waals surface area (Å²) in [5.41, 5.74) is 0. The third kappa shape index (κ3) is 2.84. The van der Waals surface area contributed by atoms with Crippen molar-refractivity contribution in [2.75, 3.05) is 0 Å². The van der Waals surface area contributed by atoms with Crippen molar-refractivity contribution >= 4 is 0 Å². The van der Waals surface area contributed by atoms with E-state index in [4.69, 9.17) is 0 Å². The van der Waals surface area contributed by atoms with Crippen LogP contribution in [-0.4, -0.2) is 0 Å². The summed E-state index contributed by atoms with van der Waals surface area (Å²) >= 11 is 0. The number of rotatable bonds is 0. The second-order valence-corrected chi connectivity index (χ2v) is 1.48. The van der Waals surface area contributed by atoms with Gasteiger partial charge in [0.1, 0.15) is 0 Å². The molecule has 0 heterocycles. The van der Waals surface area contributed by atoms with E-state index in [-0.39, 0.29) is 17.1 Å². The predicted octanol–water partition coefficient (Wildman–Crippen LogP) is 2.06. The van der Waals surface area contributed by atoms with Crippen molar-refractivity contribution in [3.8, 4) is 0 Å². The molecule has 1 aliphatic carbocycles. The minimum atomic E-state index is 0. The van der Waals surface area contributed by atoms with Crippen LogP contribution in [0.5, 0.6) is 0 Å². The van der Waals surface area contributed by atoms with E-state index >= 15 is 0 Å². The second kappa shape index (κ2) is 4.89. The zero-order valence-electron chi connectivity index (χ0n) is 4.52. The first-order chi connectivity index (χ1) is 3.50. The van der Waals surface area contributed by atoms with Gasteiger partial charge in [0.15, 0.2) is 0 Å². The minimum absolute atomic E-state index is 0. The molecule has 0 spiro atoms. The van der Waals surface area contributed by atoms with Crippen LogP contribution in [0.1, 0.15) is 6.42 Å². The van der Waals surface area contributed by atoms with E-state index in [9.17, 15) is 0 Å². The van der Waals surface area contributed by atoms with Gasteiger partial charge in [-0.15, -0.1) is 0 Å².